The largest absolute Gasteiger partial charge is 0.493 e. The van der Waals surface area contributed by atoms with Crippen molar-refractivity contribution >= 4 is 82.9 Å². The molecule has 2 aromatic rings. The van der Waals surface area contributed by atoms with Crippen molar-refractivity contribution in [2.24, 2.45) is 0 Å². The van der Waals surface area contributed by atoms with Gasteiger partial charge in [0.2, 0.25) is 0 Å². The quantitative estimate of drug-likeness (QED) is 0.443. The van der Waals surface area contributed by atoms with Crippen molar-refractivity contribution in [3.63, 3.8) is 0 Å². The van der Waals surface area contributed by atoms with Gasteiger partial charge in [0.05, 0.1) is 44.7 Å². The van der Waals surface area contributed by atoms with Gasteiger partial charge in [-0.2, -0.15) is 0 Å². The van der Waals surface area contributed by atoms with Gasteiger partial charge < -0.3 is 30.0 Å². The number of nitrogens with zero attached hydrogens (tertiary/aromatic N) is 1. The Morgan fingerprint density at radius 3 is 1.86 bits per heavy atom. The number of hydrogen-bond acceptors (Lipinski definition) is 6. The molecule has 2 aliphatic heterocycles. The minimum absolute atomic E-state index is 0.284. The van der Waals surface area contributed by atoms with E-state index >= 15 is 0 Å². The van der Waals surface area contributed by atoms with Crippen molar-refractivity contribution in [2.45, 2.75) is 13.2 Å². The first-order valence-electron chi connectivity index (χ1n) is 8.17. The summed E-state index contributed by atoms with van der Waals surface area (Å²) in [6, 6.07) is 3.45. The third-order valence-corrected chi connectivity index (χ3v) is 5.82. The van der Waals surface area contributed by atoms with Gasteiger partial charge in [-0.25, -0.2) is 0 Å². The molecule has 2 aliphatic rings. The van der Waals surface area contributed by atoms with E-state index in [1.807, 2.05) is 19.0 Å². The molecule has 0 fully saturated rings. The van der Waals surface area contributed by atoms with Crippen molar-refractivity contribution in [1.82, 2.24) is 0 Å². The average molecular weight is 464 g/mol. The first kappa shape index (κ1) is 21.9. The predicted octanol–water partition coefficient (Wildman–Crippen LogP) is 2.07. The normalized spacial score (nSPS) is 14.6. The van der Waals surface area contributed by atoms with E-state index in [0.29, 0.717) is 44.9 Å². The minimum atomic E-state index is -0.984. The Labute approximate surface area is 183 Å². The predicted molar refractivity (Wildman–Crippen MR) is 116 cm³/mol. The molecule has 0 unspecified atom stereocenters. The molecule has 12 heteroatoms. The second-order valence-corrected chi connectivity index (χ2v) is 8.04. The number of rotatable bonds is 1. The molecule has 148 valence electrons. The van der Waals surface area contributed by atoms with Crippen LogP contribution in [0.5, 0.6) is 0 Å². The summed E-state index contributed by atoms with van der Waals surface area (Å²) in [5.41, 5.74) is 9.38. The molecule has 0 saturated carbocycles. The molecule has 0 spiro atoms. The highest BCUT2D eigenvalue weighted by atomic mass is 35.5. The first-order valence-corrected chi connectivity index (χ1v) is 9.68. The fourth-order valence-corrected chi connectivity index (χ4v) is 4.58. The zero-order chi connectivity index (χ0) is 20.7. The summed E-state index contributed by atoms with van der Waals surface area (Å²) in [6.07, 6.45) is 0. The van der Waals surface area contributed by atoms with Crippen LogP contribution in [0, 0.1) is 0 Å². The number of fused-ring (bicyclic) bond motifs is 2. The molecule has 4 rings (SSSR count). The number of halogens is 4. The van der Waals surface area contributed by atoms with Gasteiger partial charge in [-0.1, -0.05) is 46.4 Å². The van der Waals surface area contributed by atoms with Crippen LogP contribution in [0.2, 0.25) is 20.1 Å². The molecule has 0 saturated heterocycles. The van der Waals surface area contributed by atoms with Gasteiger partial charge in [0.1, 0.15) is 0 Å². The van der Waals surface area contributed by atoms with Gasteiger partial charge in [-0.15, -0.1) is 0 Å². The van der Waals surface area contributed by atoms with Crippen molar-refractivity contribution in [2.75, 3.05) is 24.7 Å². The molecule has 0 amide bonds. The molecule has 2 aromatic carbocycles. The second-order valence-electron chi connectivity index (χ2n) is 6.47. The van der Waals surface area contributed by atoms with Crippen LogP contribution >= 0.6 is 46.4 Å². The van der Waals surface area contributed by atoms with Crippen molar-refractivity contribution in [3.8, 4) is 0 Å². The maximum atomic E-state index is 9.59. The summed E-state index contributed by atoms with van der Waals surface area (Å²) in [4.78, 5) is 1.82. The Morgan fingerprint density at radius 1 is 0.893 bits per heavy atom. The third kappa shape index (κ3) is 3.93. The Bertz CT molecular complexity index is 929. The van der Waals surface area contributed by atoms with Crippen LogP contribution in [-0.2, 0) is 22.5 Å². The summed E-state index contributed by atoms with van der Waals surface area (Å²) in [7, 11) is 1.77. The molecular formula is C16H16B2Cl4N2O4. The van der Waals surface area contributed by atoms with Gasteiger partial charge in [-0.05, 0) is 23.3 Å². The van der Waals surface area contributed by atoms with Crippen LogP contribution in [0.4, 0.5) is 11.4 Å². The van der Waals surface area contributed by atoms with Gasteiger partial charge in [0, 0.05) is 25.0 Å². The summed E-state index contributed by atoms with van der Waals surface area (Å²) in [6.45, 7) is 0.667. The van der Waals surface area contributed by atoms with Crippen molar-refractivity contribution in [1.29, 1.82) is 0 Å². The van der Waals surface area contributed by atoms with E-state index in [9.17, 15) is 10.0 Å². The summed E-state index contributed by atoms with van der Waals surface area (Å²) in [5.74, 6) is 0. The van der Waals surface area contributed by atoms with E-state index in [0.717, 1.165) is 11.1 Å². The minimum Gasteiger partial charge on any atom is -0.423 e. The van der Waals surface area contributed by atoms with E-state index < -0.39 is 14.2 Å². The van der Waals surface area contributed by atoms with E-state index in [1.165, 1.54) is 0 Å². The lowest BCUT2D eigenvalue weighted by Crippen LogP contribution is -2.30. The first-order chi connectivity index (χ1) is 13.1. The number of hydrogen-bond donors (Lipinski definition) is 3. The Balaban J connectivity index is 0.000000162. The smallest absolute Gasteiger partial charge is 0.423 e. The summed E-state index contributed by atoms with van der Waals surface area (Å²) in [5, 5.41) is 20.7. The molecule has 0 aliphatic carbocycles. The molecule has 4 N–H and O–H groups in total. The Morgan fingerprint density at radius 2 is 1.36 bits per heavy atom. The molecule has 2 heterocycles. The number of anilines is 2. The standard InChI is InChI=1S/C9H10BCl2NO2.C7H6BCl2NO2/c1-13(2)9-6(11)3-5-4-15-10(14)7(5)8(9)12;9-4-1-3-2-13-8(12)5(3)6(10)7(4)11/h3,14H,4H2,1-2H3;1,12H,2,11H2. The SMILES string of the molecule is CN(C)c1c(Cl)cc2c(c1Cl)B(O)OC2.Nc1c(Cl)cc2c(c1Cl)B(O)OC2. The maximum Gasteiger partial charge on any atom is 0.493 e. The topological polar surface area (TPSA) is 88.2 Å². The van der Waals surface area contributed by atoms with Crippen LogP contribution < -0.4 is 21.6 Å². The second kappa shape index (κ2) is 8.50. The van der Waals surface area contributed by atoms with Crippen LogP contribution in [0.1, 0.15) is 11.1 Å². The zero-order valence-electron chi connectivity index (χ0n) is 15.0. The Kier molecular flexibility index (Phi) is 6.64. The molecular weight excluding hydrogens is 448 g/mol. The molecule has 6 nitrogen and oxygen atoms in total. The fraction of sp³-hybridized carbons (Fsp3) is 0.250. The fourth-order valence-electron chi connectivity index (χ4n) is 3.06. The van der Waals surface area contributed by atoms with Gasteiger partial charge in [-0.3, -0.25) is 0 Å². The van der Waals surface area contributed by atoms with Crippen LogP contribution in [0.15, 0.2) is 12.1 Å². The average Bonchev–Trinajstić information content (AvgIpc) is 3.16. The molecule has 28 heavy (non-hydrogen) atoms. The molecule has 0 radical (unpaired) electrons. The highest BCUT2D eigenvalue weighted by Crippen LogP contribution is 2.34. The maximum absolute atomic E-state index is 9.59. The molecule has 0 atom stereocenters. The van der Waals surface area contributed by atoms with Gasteiger partial charge >= 0.3 is 14.2 Å². The number of nitrogen functional groups attached to an aromatic ring is 1. The van der Waals surface area contributed by atoms with Crippen molar-refractivity contribution in [3.05, 3.63) is 43.4 Å². The highest BCUT2D eigenvalue weighted by molar-refractivity contribution is 6.67. The number of nitrogens with two attached hydrogens (primary N) is 1. The van der Waals surface area contributed by atoms with Crippen LogP contribution in [0.3, 0.4) is 0 Å². The lowest BCUT2D eigenvalue weighted by Gasteiger charge is -2.18. The zero-order valence-corrected chi connectivity index (χ0v) is 18.0. The van der Waals surface area contributed by atoms with Crippen LogP contribution in [0.25, 0.3) is 0 Å². The summed E-state index contributed by atoms with van der Waals surface area (Å²) >= 11 is 24.0. The highest BCUT2D eigenvalue weighted by Gasteiger charge is 2.33. The van der Waals surface area contributed by atoms with Gasteiger partial charge in [0.15, 0.2) is 0 Å². The monoisotopic (exact) mass is 462 g/mol. The van der Waals surface area contributed by atoms with E-state index in [2.05, 4.69) is 0 Å². The van der Waals surface area contributed by atoms with Crippen LogP contribution in [-0.4, -0.2) is 38.4 Å². The van der Waals surface area contributed by atoms with Gasteiger partial charge in [0.25, 0.3) is 0 Å². The lowest BCUT2D eigenvalue weighted by atomic mass is 9.79. The van der Waals surface area contributed by atoms with Crippen molar-refractivity contribution < 1.29 is 19.4 Å². The molecule has 0 aromatic heterocycles. The van der Waals surface area contributed by atoms with E-state index in [-0.39, 0.29) is 10.7 Å². The van der Waals surface area contributed by atoms with E-state index in [1.54, 1.807) is 12.1 Å². The number of benzene rings is 2. The Hall–Kier alpha value is -0.830. The third-order valence-electron chi connectivity index (χ3n) is 4.43. The van der Waals surface area contributed by atoms with E-state index in [4.69, 9.17) is 61.4 Å². The molecule has 0 bridgehead atoms. The summed E-state index contributed by atoms with van der Waals surface area (Å²) < 4.78 is 10.1. The lowest BCUT2D eigenvalue weighted by molar-refractivity contribution is 0.275.